The quantitative estimate of drug-likeness (QED) is 0.271. The van der Waals surface area contributed by atoms with E-state index in [9.17, 15) is 0 Å². The third kappa shape index (κ3) is 3.51. The monoisotopic (exact) mass is 460 g/mol. The molecule has 0 spiro atoms. The van der Waals surface area contributed by atoms with Crippen molar-refractivity contribution in [3.8, 4) is 0 Å². The molecule has 31 heavy (non-hydrogen) atoms. The molecule has 0 bridgehead atoms. The number of allylic oxidation sites excluding steroid dienone is 2. The Balaban J connectivity index is 1.92. The normalized spacial score (nSPS) is 15.4. The van der Waals surface area contributed by atoms with Crippen molar-refractivity contribution in [2.24, 2.45) is 0 Å². The molecule has 150 valence electrons. The third-order valence-corrected chi connectivity index (χ3v) is 13.8. The summed E-state index contributed by atoms with van der Waals surface area (Å²) in [7, 11) is 0. The molecule has 0 saturated heterocycles. The average molecular weight is 459 g/mol. The number of hydrogen-bond donors (Lipinski definition) is 0. The van der Waals surface area contributed by atoms with Crippen molar-refractivity contribution >= 4 is 33.2 Å². The molecule has 4 aromatic carbocycles. The Morgan fingerprint density at radius 1 is 0.355 bits per heavy atom. The van der Waals surface area contributed by atoms with Crippen LogP contribution in [0.5, 0.6) is 0 Å². The van der Waals surface area contributed by atoms with Crippen molar-refractivity contribution in [1.82, 2.24) is 0 Å². The van der Waals surface area contributed by atoms with E-state index in [4.69, 9.17) is 0 Å². The van der Waals surface area contributed by atoms with Gasteiger partial charge in [0.15, 0.2) is 0 Å². The summed E-state index contributed by atoms with van der Waals surface area (Å²) in [6.45, 7) is 0. The van der Waals surface area contributed by atoms with Gasteiger partial charge in [0.2, 0.25) is 0 Å². The molecular formula is C30H26Ge. The summed E-state index contributed by atoms with van der Waals surface area (Å²) in [5.74, 6) is 5.12. The van der Waals surface area contributed by atoms with Gasteiger partial charge in [-0.1, -0.05) is 0 Å². The van der Waals surface area contributed by atoms with Crippen molar-refractivity contribution in [3.63, 3.8) is 0 Å². The molecule has 4 aromatic rings. The summed E-state index contributed by atoms with van der Waals surface area (Å²) >= 11 is -2.66. The van der Waals surface area contributed by atoms with Crippen LogP contribution in [0, 0.1) is 0 Å². The van der Waals surface area contributed by atoms with Gasteiger partial charge in [0, 0.05) is 0 Å². The van der Waals surface area contributed by atoms with Gasteiger partial charge in [-0.15, -0.1) is 0 Å². The number of rotatable bonds is 4. The zero-order valence-corrected chi connectivity index (χ0v) is 20.1. The molecule has 0 aliphatic carbocycles. The van der Waals surface area contributed by atoms with E-state index in [0.29, 0.717) is 0 Å². The van der Waals surface area contributed by atoms with Crippen LogP contribution in [-0.2, 0) is 0 Å². The van der Waals surface area contributed by atoms with Crippen molar-refractivity contribution in [1.29, 1.82) is 0 Å². The fraction of sp³-hybridized carbons (Fsp3) is 0.0667. The second-order valence-corrected chi connectivity index (χ2v) is 17.5. The molecule has 0 fully saturated rings. The summed E-state index contributed by atoms with van der Waals surface area (Å²) in [4.78, 5) is 0. The van der Waals surface area contributed by atoms with Crippen LogP contribution in [0.1, 0.15) is 22.3 Å². The summed E-state index contributed by atoms with van der Waals surface area (Å²) in [5.41, 5.74) is 8.19. The summed E-state index contributed by atoms with van der Waals surface area (Å²) in [5, 5.41) is 0. The first-order valence-electron chi connectivity index (χ1n) is 10.9. The Morgan fingerprint density at radius 3 is 0.903 bits per heavy atom. The van der Waals surface area contributed by atoms with Crippen molar-refractivity contribution < 1.29 is 0 Å². The molecule has 5 rings (SSSR count). The van der Waals surface area contributed by atoms with Crippen molar-refractivity contribution in [2.45, 2.75) is 11.5 Å². The molecule has 0 unspecified atom stereocenters. The van der Waals surface area contributed by atoms with Gasteiger partial charge in [-0.3, -0.25) is 0 Å². The minimum absolute atomic E-state index is 1.31. The molecule has 0 radical (unpaired) electrons. The van der Waals surface area contributed by atoms with E-state index in [1.807, 2.05) is 0 Å². The van der Waals surface area contributed by atoms with E-state index < -0.39 is 13.3 Å². The van der Waals surface area contributed by atoms with Gasteiger partial charge in [-0.05, 0) is 0 Å². The zero-order chi connectivity index (χ0) is 21.3. The second-order valence-electron chi connectivity index (χ2n) is 8.59. The van der Waals surface area contributed by atoms with E-state index >= 15 is 0 Å². The predicted octanol–water partition coefficient (Wildman–Crippen LogP) is 8.01. The van der Waals surface area contributed by atoms with Gasteiger partial charge >= 0.3 is 188 Å². The first-order chi connectivity index (χ1) is 15.2. The molecule has 1 heterocycles. The summed E-state index contributed by atoms with van der Waals surface area (Å²) < 4.78 is 3.15. The van der Waals surface area contributed by atoms with E-state index in [1.54, 1.807) is 8.81 Å². The molecule has 0 nitrogen and oxygen atoms in total. The minimum atomic E-state index is -2.66. The topological polar surface area (TPSA) is 0 Å². The first kappa shape index (κ1) is 19.8. The summed E-state index contributed by atoms with van der Waals surface area (Å²) in [6, 6.07) is 44.0. The number of benzene rings is 4. The van der Waals surface area contributed by atoms with Crippen LogP contribution in [0.3, 0.4) is 0 Å². The van der Waals surface area contributed by atoms with Crippen LogP contribution in [0.4, 0.5) is 0 Å². The molecule has 0 amide bonds. The van der Waals surface area contributed by atoms with E-state index in [2.05, 4.69) is 133 Å². The van der Waals surface area contributed by atoms with E-state index in [1.165, 1.54) is 33.4 Å². The van der Waals surface area contributed by atoms with Crippen molar-refractivity contribution in [3.05, 3.63) is 144 Å². The Labute approximate surface area is 188 Å². The molecule has 0 saturated carbocycles. The molecule has 1 aliphatic rings. The predicted molar refractivity (Wildman–Crippen MR) is 137 cm³/mol. The van der Waals surface area contributed by atoms with E-state index in [0.717, 1.165) is 0 Å². The SMILES string of the molecule is [CH3][Ge]1([CH3])[C](c2ccccc2)=C(c2ccccc2)C(c2ccccc2)=[C]1c1ccccc1. The van der Waals surface area contributed by atoms with Gasteiger partial charge in [0.1, 0.15) is 0 Å². The van der Waals surface area contributed by atoms with Gasteiger partial charge in [0.25, 0.3) is 0 Å². The third-order valence-electron chi connectivity index (χ3n) is 6.25. The van der Waals surface area contributed by atoms with Crippen LogP contribution in [-0.4, -0.2) is 13.3 Å². The van der Waals surface area contributed by atoms with Crippen LogP contribution in [0.25, 0.3) is 20.0 Å². The fourth-order valence-electron chi connectivity index (χ4n) is 5.01. The van der Waals surface area contributed by atoms with Crippen LogP contribution in [0.2, 0.25) is 11.5 Å². The second kappa shape index (κ2) is 8.21. The molecule has 0 N–H and O–H groups in total. The first-order valence-corrected chi connectivity index (χ1v) is 17.2. The van der Waals surface area contributed by atoms with Gasteiger partial charge < -0.3 is 0 Å². The van der Waals surface area contributed by atoms with Crippen LogP contribution >= 0.6 is 0 Å². The molecule has 1 heteroatoms. The fourth-order valence-corrected chi connectivity index (χ4v) is 13.0. The molecule has 0 aromatic heterocycles. The maximum atomic E-state index is 2.56. The van der Waals surface area contributed by atoms with Crippen LogP contribution in [0.15, 0.2) is 121 Å². The van der Waals surface area contributed by atoms with Gasteiger partial charge in [-0.2, -0.15) is 0 Å². The Kier molecular flexibility index (Phi) is 5.25. The Hall–Kier alpha value is -3.10. The van der Waals surface area contributed by atoms with Crippen LogP contribution < -0.4 is 0 Å². The average Bonchev–Trinajstić information content (AvgIpc) is 3.08. The molecule has 0 atom stereocenters. The zero-order valence-electron chi connectivity index (χ0n) is 18.0. The Morgan fingerprint density at radius 2 is 0.613 bits per heavy atom. The molecule has 1 aliphatic heterocycles. The summed E-state index contributed by atoms with van der Waals surface area (Å²) in [6.07, 6.45) is 0. The number of hydrogen-bond acceptors (Lipinski definition) is 0. The van der Waals surface area contributed by atoms with Gasteiger partial charge in [0.05, 0.1) is 0 Å². The van der Waals surface area contributed by atoms with Crippen molar-refractivity contribution in [2.75, 3.05) is 0 Å². The standard InChI is InChI=1S/C30H26Ge/c1-31(2)29(25-19-11-5-12-20-25)27(23-15-7-3-8-16-23)28(24-17-9-4-10-18-24)30(31)26-21-13-6-14-22-26/h3-22H,1-2H3. The van der Waals surface area contributed by atoms with Gasteiger partial charge in [-0.25, -0.2) is 0 Å². The van der Waals surface area contributed by atoms with E-state index in [-0.39, 0.29) is 0 Å². The maximum absolute atomic E-state index is 2.66. The molecular weight excluding hydrogens is 433 g/mol. The Bertz CT molecular complexity index is 1150.